The van der Waals surface area contributed by atoms with Gasteiger partial charge in [-0.1, -0.05) is 35.3 Å². The lowest BCUT2D eigenvalue weighted by atomic mass is 10.2. The van der Waals surface area contributed by atoms with Crippen molar-refractivity contribution in [1.29, 1.82) is 0 Å². The van der Waals surface area contributed by atoms with Crippen LogP contribution >= 0.6 is 23.2 Å². The molecule has 1 amide bonds. The predicted molar refractivity (Wildman–Crippen MR) is 97.9 cm³/mol. The number of methoxy groups -OCH3 is 2. The van der Waals surface area contributed by atoms with Gasteiger partial charge in [-0.2, -0.15) is 0 Å². The molecule has 0 radical (unpaired) electrons. The predicted octanol–water partition coefficient (Wildman–Crippen LogP) is 4.09. The lowest BCUT2D eigenvalue weighted by molar-refractivity contribution is -0.127. The molecule has 0 aromatic heterocycles. The monoisotopic (exact) mass is 383 g/mol. The van der Waals surface area contributed by atoms with Crippen molar-refractivity contribution in [1.82, 2.24) is 5.32 Å². The molecule has 2 aromatic rings. The van der Waals surface area contributed by atoms with Crippen molar-refractivity contribution in [3.8, 4) is 17.2 Å². The van der Waals surface area contributed by atoms with Gasteiger partial charge in [-0.15, -0.1) is 0 Å². The van der Waals surface area contributed by atoms with E-state index in [4.69, 9.17) is 37.4 Å². The van der Waals surface area contributed by atoms with E-state index in [0.717, 1.165) is 5.56 Å². The maximum atomic E-state index is 12.3. The lowest BCUT2D eigenvalue weighted by Crippen LogP contribution is -2.36. The maximum absolute atomic E-state index is 12.3. The van der Waals surface area contributed by atoms with Gasteiger partial charge >= 0.3 is 0 Å². The summed E-state index contributed by atoms with van der Waals surface area (Å²) in [5.41, 5.74) is 0.798. The number of carbonyl (C=O) groups is 1. The van der Waals surface area contributed by atoms with Crippen molar-refractivity contribution < 1.29 is 19.0 Å². The minimum atomic E-state index is -0.727. The molecular weight excluding hydrogens is 365 g/mol. The largest absolute Gasteiger partial charge is 0.493 e. The van der Waals surface area contributed by atoms with Gasteiger partial charge in [0, 0.05) is 17.1 Å². The van der Waals surface area contributed by atoms with Crippen molar-refractivity contribution in [3.05, 3.63) is 52.0 Å². The smallest absolute Gasteiger partial charge is 0.261 e. The van der Waals surface area contributed by atoms with E-state index >= 15 is 0 Å². The first kappa shape index (κ1) is 19.2. The summed E-state index contributed by atoms with van der Waals surface area (Å²) in [6, 6.07) is 10.3. The number of rotatable bonds is 7. The molecule has 0 fully saturated rings. The van der Waals surface area contributed by atoms with Crippen molar-refractivity contribution in [2.24, 2.45) is 0 Å². The highest BCUT2D eigenvalue weighted by Crippen LogP contribution is 2.31. The Morgan fingerprint density at radius 2 is 1.88 bits per heavy atom. The molecule has 0 bridgehead atoms. The quantitative estimate of drug-likeness (QED) is 0.781. The summed E-state index contributed by atoms with van der Waals surface area (Å²) in [7, 11) is 3.11. The van der Waals surface area contributed by atoms with E-state index in [1.807, 2.05) is 12.1 Å². The molecule has 0 saturated heterocycles. The Kier molecular flexibility index (Phi) is 6.79. The number of hydrogen-bond acceptors (Lipinski definition) is 4. The van der Waals surface area contributed by atoms with Crippen LogP contribution in [0.4, 0.5) is 0 Å². The molecule has 5 nitrogen and oxygen atoms in total. The lowest BCUT2D eigenvalue weighted by Gasteiger charge is -2.17. The molecule has 0 spiro atoms. The Labute approximate surface area is 156 Å². The number of ether oxygens (including phenoxy) is 3. The molecule has 0 heterocycles. The second-order valence-electron chi connectivity index (χ2n) is 5.21. The number of amides is 1. The van der Waals surface area contributed by atoms with Crippen LogP contribution in [-0.2, 0) is 11.3 Å². The van der Waals surface area contributed by atoms with Crippen LogP contribution in [0.1, 0.15) is 12.5 Å². The molecule has 0 aliphatic carbocycles. The van der Waals surface area contributed by atoms with Crippen LogP contribution in [0.5, 0.6) is 17.2 Å². The minimum absolute atomic E-state index is 0.279. The molecule has 134 valence electrons. The first-order valence-electron chi connectivity index (χ1n) is 7.55. The number of hydrogen-bond donors (Lipinski definition) is 1. The Bertz CT molecular complexity index is 752. The Morgan fingerprint density at radius 3 is 2.52 bits per heavy atom. The highest BCUT2D eigenvalue weighted by molar-refractivity contribution is 6.35. The van der Waals surface area contributed by atoms with Crippen LogP contribution in [0.2, 0.25) is 10.0 Å². The van der Waals surface area contributed by atoms with Crippen molar-refractivity contribution in [3.63, 3.8) is 0 Å². The number of carbonyl (C=O) groups excluding carboxylic acids is 1. The highest BCUT2D eigenvalue weighted by Gasteiger charge is 2.17. The summed E-state index contributed by atoms with van der Waals surface area (Å²) in [6.45, 7) is 1.92. The molecule has 25 heavy (non-hydrogen) atoms. The molecule has 1 unspecified atom stereocenters. The fourth-order valence-corrected chi connectivity index (χ4v) is 2.69. The van der Waals surface area contributed by atoms with Gasteiger partial charge in [0.05, 0.1) is 19.2 Å². The van der Waals surface area contributed by atoms with E-state index in [0.29, 0.717) is 27.3 Å². The van der Waals surface area contributed by atoms with Gasteiger partial charge in [-0.25, -0.2) is 0 Å². The van der Waals surface area contributed by atoms with Crippen LogP contribution in [0.15, 0.2) is 36.4 Å². The van der Waals surface area contributed by atoms with Gasteiger partial charge in [-0.3, -0.25) is 4.79 Å². The number of nitrogens with one attached hydrogen (secondary N) is 1. The van der Waals surface area contributed by atoms with E-state index in [1.54, 1.807) is 45.4 Å². The minimum Gasteiger partial charge on any atom is -0.493 e. The molecule has 2 rings (SSSR count). The molecule has 2 aromatic carbocycles. The summed E-state index contributed by atoms with van der Waals surface area (Å²) in [6.07, 6.45) is -0.727. The third-order valence-electron chi connectivity index (χ3n) is 3.50. The average Bonchev–Trinajstić information content (AvgIpc) is 2.61. The highest BCUT2D eigenvalue weighted by atomic mass is 35.5. The zero-order chi connectivity index (χ0) is 18.4. The first-order valence-corrected chi connectivity index (χ1v) is 8.31. The Hall–Kier alpha value is -2.11. The third kappa shape index (κ3) is 4.94. The van der Waals surface area contributed by atoms with Gasteiger partial charge < -0.3 is 19.5 Å². The summed E-state index contributed by atoms with van der Waals surface area (Å²) in [5.74, 6) is 1.30. The SMILES string of the molecule is COc1cccc(CNC(=O)C(C)Oc2ccc(Cl)cc2Cl)c1OC. The average molecular weight is 384 g/mol. The fraction of sp³-hybridized carbons (Fsp3) is 0.278. The van der Waals surface area contributed by atoms with E-state index < -0.39 is 6.10 Å². The van der Waals surface area contributed by atoms with E-state index in [2.05, 4.69) is 5.32 Å². The normalized spacial score (nSPS) is 11.6. The molecule has 7 heteroatoms. The van der Waals surface area contributed by atoms with Crippen LogP contribution in [-0.4, -0.2) is 26.2 Å². The number of para-hydroxylation sites is 1. The molecule has 0 aliphatic rings. The summed E-state index contributed by atoms with van der Waals surface area (Å²) in [4.78, 5) is 12.3. The zero-order valence-corrected chi connectivity index (χ0v) is 15.6. The van der Waals surface area contributed by atoms with Gasteiger partial charge in [0.25, 0.3) is 5.91 Å². The number of benzene rings is 2. The van der Waals surface area contributed by atoms with Crippen LogP contribution < -0.4 is 19.5 Å². The standard InChI is InChI=1S/C18H19Cl2NO4/c1-11(25-15-8-7-13(19)9-14(15)20)18(22)21-10-12-5-4-6-16(23-2)17(12)24-3/h4-9,11H,10H2,1-3H3,(H,21,22). The third-order valence-corrected chi connectivity index (χ3v) is 4.03. The second kappa shape index (κ2) is 8.83. The number of halogens is 2. The molecule has 0 aliphatic heterocycles. The molecule has 1 N–H and O–H groups in total. The Morgan fingerprint density at radius 1 is 1.12 bits per heavy atom. The van der Waals surface area contributed by atoms with Crippen molar-refractivity contribution >= 4 is 29.1 Å². The van der Waals surface area contributed by atoms with Gasteiger partial charge in [0.1, 0.15) is 5.75 Å². The van der Waals surface area contributed by atoms with Crippen LogP contribution in [0, 0.1) is 0 Å². The van der Waals surface area contributed by atoms with Gasteiger partial charge in [-0.05, 0) is 31.2 Å². The van der Waals surface area contributed by atoms with Crippen molar-refractivity contribution in [2.75, 3.05) is 14.2 Å². The molecule has 0 saturated carbocycles. The molecular formula is C18H19Cl2NO4. The zero-order valence-electron chi connectivity index (χ0n) is 14.1. The van der Waals surface area contributed by atoms with E-state index in [9.17, 15) is 4.79 Å². The topological polar surface area (TPSA) is 56.8 Å². The first-order chi connectivity index (χ1) is 12.0. The van der Waals surface area contributed by atoms with Crippen LogP contribution in [0.3, 0.4) is 0 Å². The van der Waals surface area contributed by atoms with E-state index in [-0.39, 0.29) is 12.5 Å². The molecule has 1 atom stereocenters. The Balaban J connectivity index is 2.00. The van der Waals surface area contributed by atoms with Gasteiger partial charge in [0.15, 0.2) is 17.6 Å². The summed E-state index contributed by atoms with van der Waals surface area (Å²) >= 11 is 11.9. The van der Waals surface area contributed by atoms with Crippen LogP contribution in [0.25, 0.3) is 0 Å². The van der Waals surface area contributed by atoms with Crippen molar-refractivity contribution in [2.45, 2.75) is 19.6 Å². The van der Waals surface area contributed by atoms with Gasteiger partial charge in [0.2, 0.25) is 0 Å². The second-order valence-corrected chi connectivity index (χ2v) is 6.05. The van der Waals surface area contributed by atoms with E-state index in [1.165, 1.54) is 0 Å². The fourth-order valence-electron chi connectivity index (χ4n) is 2.23. The summed E-state index contributed by atoms with van der Waals surface area (Å²) in [5, 5.41) is 3.66. The summed E-state index contributed by atoms with van der Waals surface area (Å²) < 4.78 is 16.2. The maximum Gasteiger partial charge on any atom is 0.261 e.